The van der Waals surface area contributed by atoms with Crippen molar-refractivity contribution in [2.75, 3.05) is 39.4 Å². The Balaban J connectivity index is 2.02. The molecule has 1 unspecified atom stereocenters. The van der Waals surface area contributed by atoms with E-state index >= 15 is 0 Å². The lowest BCUT2D eigenvalue weighted by Gasteiger charge is -2.22. The van der Waals surface area contributed by atoms with Crippen LogP contribution in [-0.2, 0) is 9.53 Å². The molecule has 1 amide bonds. The smallest absolute Gasteiger partial charge is 0.239 e. The first-order valence-corrected chi connectivity index (χ1v) is 5.64. The molecule has 88 valence electrons. The average Bonchev–Trinajstić information content (AvgIpc) is 2.30. The molecule has 0 aromatic carbocycles. The molecule has 1 saturated heterocycles. The highest BCUT2D eigenvalue weighted by atomic mass is 16.5. The SMILES string of the molecule is CCCNCCNC(=O)C1COCCN1. The second-order valence-corrected chi connectivity index (χ2v) is 3.62. The van der Waals surface area contributed by atoms with E-state index in [1.165, 1.54) is 0 Å². The van der Waals surface area contributed by atoms with Crippen LogP contribution < -0.4 is 16.0 Å². The van der Waals surface area contributed by atoms with Gasteiger partial charge in [0.2, 0.25) is 5.91 Å². The predicted molar refractivity (Wildman–Crippen MR) is 58.8 cm³/mol. The Bertz CT molecular complexity index is 182. The number of hydrogen-bond donors (Lipinski definition) is 3. The van der Waals surface area contributed by atoms with Crippen molar-refractivity contribution < 1.29 is 9.53 Å². The second-order valence-electron chi connectivity index (χ2n) is 3.62. The highest BCUT2D eigenvalue weighted by molar-refractivity contribution is 5.81. The van der Waals surface area contributed by atoms with Gasteiger partial charge in [-0.25, -0.2) is 0 Å². The van der Waals surface area contributed by atoms with Gasteiger partial charge in [-0.1, -0.05) is 6.92 Å². The van der Waals surface area contributed by atoms with Crippen molar-refractivity contribution in [3.05, 3.63) is 0 Å². The van der Waals surface area contributed by atoms with Crippen molar-refractivity contribution in [3.63, 3.8) is 0 Å². The molecule has 0 aromatic rings. The lowest BCUT2D eigenvalue weighted by Crippen LogP contribution is -2.52. The first-order valence-electron chi connectivity index (χ1n) is 5.64. The maximum absolute atomic E-state index is 11.5. The van der Waals surface area contributed by atoms with Crippen molar-refractivity contribution in [1.82, 2.24) is 16.0 Å². The van der Waals surface area contributed by atoms with Crippen molar-refractivity contribution in [3.8, 4) is 0 Å². The van der Waals surface area contributed by atoms with Gasteiger partial charge in [-0.2, -0.15) is 0 Å². The summed E-state index contributed by atoms with van der Waals surface area (Å²) in [6.07, 6.45) is 1.12. The summed E-state index contributed by atoms with van der Waals surface area (Å²) in [5, 5.41) is 9.21. The van der Waals surface area contributed by atoms with Crippen molar-refractivity contribution in [2.45, 2.75) is 19.4 Å². The van der Waals surface area contributed by atoms with Gasteiger partial charge in [0, 0.05) is 19.6 Å². The Morgan fingerprint density at radius 2 is 2.33 bits per heavy atom. The minimum atomic E-state index is -0.176. The molecule has 15 heavy (non-hydrogen) atoms. The third-order valence-electron chi connectivity index (χ3n) is 2.27. The van der Waals surface area contributed by atoms with Crippen molar-refractivity contribution in [1.29, 1.82) is 0 Å². The fourth-order valence-electron chi connectivity index (χ4n) is 1.43. The van der Waals surface area contributed by atoms with E-state index in [1.54, 1.807) is 0 Å². The number of hydrogen-bond acceptors (Lipinski definition) is 4. The summed E-state index contributed by atoms with van der Waals surface area (Å²) >= 11 is 0. The second kappa shape index (κ2) is 7.62. The lowest BCUT2D eigenvalue weighted by molar-refractivity contribution is -0.125. The summed E-state index contributed by atoms with van der Waals surface area (Å²) in [7, 11) is 0. The van der Waals surface area contributed by atoms with Crippen LogP contribution in [0.15, 0.2) is 0 Å². The molecule has 1 atom stereocenters. The van der Waals surface area contributed by atoms with Crippen LogP contribution in [0.25, 0.3) is 0 Å². The maximum atomic E-state index is 11.5. The van der Waals surface area contributed by atoms with Crippen LogP contribution in [-0.4, -0.2) is 51.3 Å². The van der Waals surface area contributed by atoms with Crippen LogP contribution >= 0.6 is 0 Å². The van der Waals surface area contributed by atoms with Crippen LogP contribution in [0.3, 0.4) is 0 Å². The molecule has 0 spiro atoms. The molecular formula is C10H21N3O2. The Morgan fingerprint density at radius 1 is 1.47 bits per heavy atom. The normalized spacial score (nSPS) is 21.3. The highest BCUT2D eigenvalue weighted by Gasteiger charge is 2.20. The Kier molecular flexibility index (Phi) is 6.31. The molecule has 5 heteroatoms. The van der Waals surface area contributed by atoms with E-state index in [4.69, 9.17) is 4.74 Å². The molecule has 0 aliphatic carbocycles. The molecule has 5 nitrogen and oxygen atoms in total. The zero-order chi connectivity index (χ0) is 10.9. The van der Waals surface area contributed by atoms with E-state index < -0.39 is 0 Å². The van der Waals surface area contributed by atoms with Crippen LogP contribution in [0.5, 0.6) is 0 Å². The van der Waals surface area contributed by atoms with Gasteiger partial charge in [0.05, 0.1) is 13.2 Å². The van der Waals surface area contributed by atoms with Gasteiger partial charge >= 0.3 is 0 Å². The van der Waals surface area contributed by atoms with E-state index in [-0.39, 0.29) is 11.9 Å². The van der Waals surface area contributed by atoms with Crippen molar-refractivity contribution >= 4 is 5.91 Å². The molecule has 0 saturated carbocycles. The summed E-state index contributed by atoms with van der Waals surface area (Å²) in [4.78, 5) is 11.5. The van der Waals surface area contributed by atoms with E-state index in [1.807, 2.05) is 0 Å². The predicted octanol–water partition coefficient (Wildman–Crippen LogP) is -0.909. The molecule has 3 N–H and O–H groups in total. The molecule has 0 bridgehead atoms. The number of carbonyl (C=O) groups is 1. The number of carbonyl (C=O) groups excluding carboxylic acids is 1. The molecule has 1 rings (SSSR count). The minimum absolute atomic E-state index is 0.0352. The number of amides is 1. The molecule has 0 aromatic heterocycles. The number of nitrogens with one attached hydrogen (secondary N) is 3. The standard InChI is InChI=1S/C10H21N3O2/c1-2-3-11-4-5-13-10(14)9-8-15-7-6-12-9/h9,11-12H,2-8H2,1H3,(H,13,14). The van der Waals surface area contributed by atoms with Crippen LogP contribution in [0, 0.1) is 0 Å². The summed E-state index contributed by atoms with van der Waals surface area (Å²) in [5.41, 5.74) is 0. The Hall–Kier alpha value is -0.650. The largest absolute Gasteiger partial charge is 0.378 e. The first-order chi connectivity index (χ1) is 7.34. The molecule has 0 radical (unpaired) electrons. The van der Waals surface area contributed by atoms with Gasteiger partial charge in [-0.05, 0) is 13.0 Å². The third kappa shape index (κ3) is 5.11. The summed E-state index contributed by atoms with van der Waals surface area (Å²) < 4.78 is 5.21. The van der Waals surface area contributed by atoms with Crippen molar-refractivity contribution in [2.24, 2.45) is 0 Å². The van der Waals surface area contributed by atoms with E-state index in [0.717, 1.165) is 26.1 Å². The zero-order valence-electron chi connectivity index (χ0n) is 9.34. The molecular weight excluding hydrogens is 194 g/mol. The summed E-state index contributed by atoms with van der Waals surface area (Å²) in [6.45, 7) is 6.56. The number of ether oxygens (including phenoxy) is 1. The van der Waals surface area contributed by atoms with Gasteiger partial charge in [0.25, 0.3) is 0 Å². The number of rotatable bonds is 6. The monoisotopic (exact) mass is 215 g/mol. The summed E-state index contributed by atoms with van der Waals surface area (Å²) in [6, 6.07) is -0.176. The highest BCUT2D eigenvalue weighted by Crippen LogP contribution is 1.92. The van der Waals surface area contributed by atoms with E-state index in [2.05, 4.69) is 22.9 Å². The van der Waals surface area contributed by atoms with Gasteiger partial charge < -0.3 is 20.7 Å². The van der Waals surface area contributed by atoms with Crippen LogP contribution in [0.1, 0.15) is 13.3 Å². The summed E-state index contributed by atoms with van der Waals surface area (Å²) in [5.74, 6) is 0.0352. The van der Waals surface area contributed by atoms with Gasteiger partial charge in [0.1, 0.15) is 6.04 Å². The molecule has 1 fully saturated rings. The fraction of sp³-hybridized carbons (Fsp3) is 0.900. The molecule has 1 heterocycles. The van der Waals surface area contributed by atoms with Crippen LogP contribution in [0.2, 0.25) is 0 Å². The average molecular weight is 215 g/mol. The van der Waals surface area contributed by atoms with Crippen LogP contribution in [0.4, 0.5) is 0 Å². The lowest BCUT2D eigenvalue weighted by atomic mass is 10.2. The molecule has 1 aliphatic heterocycles. The zero-order valence-corrected chi connectivity index (χ0v) is 9.34. The van der Waals surface area contributed by atoms with Gasteiger partial charge in [0.15, 0.2) is 0 Å². The first kappa shape index (κ1) is 12.4. The number of morpholine rings is 1. The minimum Gasteiger partial charge on any atom is -0.378 e. The maximum Gasteiger partial charge on any atom is 0.239 e. The van der Waals surface area contributed by atoms with E-state index in [0.29, 0.717) is 19.8 Å². The topological polar surface area (TPSA) is 62.4 Å². The van der Waals surface area contributed by atoms with Gasteiger partial charge in [-0.15, -0.1) is 0 Å². The Morgan fingerprint density at radius 3 is 3.00 bits per heavy atom. The Labute approximate surface area is 90.9 Å². The fourth-order valence-corrected chi connectivity index (χ4v) is 1.43. The quantitative estimate of drug-likeness (QED) is 0.502. The molecule has 1 aliphatic rings. The third-order valence-corrected chi connectivity index (χ3v) is 2.27. The van der Waals surface area contributed by atoms with Gasteiger partial charge in [-0.3, -0.25) is 4.79 Å². The van der Waals surface area contributed by atoms with E-state index in [9.17, 15) is 4.79 Å².